The molecule has 1 heterocycles. The first-order valence-corrected chi connectivity index (χ1v) is 5.73. The summed E-state index contributed by atoms with van der Waals surface area (Å²) in [6, 6.07) is 5.68. The van der Waals surface area contributed by atoms with E-state index in [1.165, 1.54) is 24.4 Å². The molecule has 0 radical (unpaired) electrons. The average molecular weight is 264 g/mol. The van der Waals surface area contributed by atoms with Gasteiger partial charge in [-0.25, -0.2) is 9.18 Å². The Kier molecular flexibility index (Phi) is 3.50. The second-order valence-electron chi connectivity index (χ2n) is 4.27. The van der Waals surface area contributed by atoms with Crippen molar-refractivity contribution in [3.8, 4) is 11.8 Å². The monoisotopic (exact) mass is 264 g/mol. The molecule has 0 aliphatic rings. The molecule has 6 heteroatoms. The van der Waals surface area contributed by atoms with Gasteiger partial charge in [0.1, 0.15) is 11.6 Å². The lowest BCUT2D eigenvalue weighted by Gasteiger charge is -2.11. The lowest BCUT2D eigenvalue weighted by Crippen LogP contribution is -2.02. The largest absolute Gasteiger partial charge is 0.476 e. The van der Waals surface area contributed by atoms with E-state index in [-0.39, 0.29) is 23.5 Å². The molecule has 0 unspecified atom stereocenters. The number of hydrogen-bond donors (Lipinski definition) is 1. The van der Waals surface area contributed by atoms with Crippen LogP contribution in [0.5, 0.6) is 11.8 Å². The van der Waals surface area contributed by atoms with Crippen LogP contribution in [0.3, 0.4) is 0 Å². The Labute approximate surface area is 109 Å². The predicted octanol–water partition coefficient (Wildman–Crippen LogP) is 3.09. The zero-order valence-electron chi connectivity index (χ0n) is 10.5. The van der Waals surface area contributed by atoms with Crippen molar-refractivity contribution in [2.24, 2.45) is 0 Å². The molecule has 1 aromatic heterocycles. The fraction of sp³-hybridized carbons (Fsp3) is 0.231. The maximum absolute atomic E-state index is 13.1. The number of aromatic carboxylic acids is 1. The number of hydrogen-bond acceptors (Lipinski definition) is 3. The number of ether oxygens (including phenoxy) is 1. The Hall–Kier alpha value is -2.37. The van der Waals surface area contributed by atoms with E-state index in [4.69, 9.17) is 9.84 Å². The predicted molar refractivity (Wildman–Crippen MR) is 66.0 cm³/mol. The van der Waals surface area contributed by atoms with Gasteiger partial charge in [-0.2, -0.15) is 4.98 Å². The van der Waals surface area contributed by atoms with Crippen LogP contribution in [0.4, 0.5) is 4.39 Å². The molecule has 0 spiro atoms. The van der Waals surface area contributed by atoms with Gasteiger partial charge in [0.15, 0.2) is 5.69 Å². The van der Waals surface area contributed by atoms with Crippen LogP contribution in [0.2, 0.25) is 0 Å². The zero-order valence-corrected chi connectivity index (χ0v) is 10.5. The lowest BCUT2D eigenvalue weighted by molar-refractivity contribution is 0.0690. The molecule has 1 N–H and O–H groups in total. The third-order valence-electron chi connectivity index (χ3n) is 2.48. The van der Waals surface area contributed by atoms with Crippen LogP contribution in [-0.4, -0.2) is 20.6 Å². The summed E-state index contributed by atoms with van der Waals surface area (Å²) >= 11 is 0. The quantitative estimate of drug-likeness (QED) is 0.921. The number of carboxylic acids is 1. The van der Waals surface area contributed by atoms with Crippen LogP contribution in [0.15, 0.2) is 30.5 Å². The first kappa shape index (κ1) is 13.1. The van der Waals surface area contributed by atoms with E-state index in [1.54, 1.807) is 10.6 Å². The van der Waals surface area contributed by atoms with Crippen LogP contribution in [0.1, 0.15) is 30.4 Å². The van der Waals surface area contributed by atoms with Gasteiger partial charge in [0.05, 0.1) is 0 Å². The van der Waals surface area contributed by atoms with E-state index >= 15 is 0 Å². The molecule has 0 bridgehead atoms. The summed E-state index contributed by atoms with van der Waals surface area (Å²) in [5, 5.41) is 8.92. The Morgan fingerprint density at radius 1 is 1.47 bits per heavy atom. The van der Waals surface area contributed by atoms with E-state index < -0.39 is 11.8 Å². The molecule has 2 aromatic rings. The molecule has 1 aromatic carbocycles. The molecule has 0 atom stereocenters. The molecular formula is C13H13FN2O3. The Balaban J connectivity index is 2.35. The number of carbonyl (C=O) groups is 1. The molecule has 100 valence electrons. The topological polar surface area (TPSA) is 64.4 Å². The van der Waals surface area contributed by atoms with Crippen molar-refractivity contribution in [3.63, 3.8) is 0 Å². The van der Waals surface area contributed by atoms with Crippen LogP contribution in [-0.2, 0) is 0 Å². The van der Waals surface area contributed by atoms with E-state index in [0.717, 1.165) is 0 Å². The highest BCUT2D eigenvalue weighted by Gasteiger charge is 2.16. The second-order valence-corrected chi connectivity index (χ2v) is 4.27. The Morgan fingerprint density at radius 2 is 2.21 bits per heavy atom. The first-order valence-electron chi connectivity index (χ1n) is 5.73. The minimum absolute atomic E-state index is 0.0239. The molecule has 0 aliphatic carbocycles. The summed E-state index contributed by atoms with van der Waals surface area (Å²) in [6.07, 6.45) is 1.39. The van der Waals surface area contributed by atoms with Crippen molar-refractivity contribution in [2.45, 2.75) is 19.9 Å². The summed E-state index contributed by atoms with van der Waals surface area (Å²) < 4.78 is 20.1. The number of imidazole rings is 1. The number of carboxylic acid groups (broad SMARTS) is 1. The Bertz CT molecular complexity index is 608. The molecule has 19 heavy (non-hydrogen) atoms. The maximum atomic E-state index is 13.1. The van der Waals surface area contributed by atoms with Crippen LogP contribution >= 0.6 is 0 Å². The summed E-state index contributed by atoms with van der Waals surface area (Å²) in [4.78, 5) is 14.8. The molecule has 0 saturated heterocycles. The highest BCUT2D eigenvalue weighted by atomic mass is 19.1. The van der Waals surface area contributed by atoms with Crippen molar-refractivity contribution in [3.05, 3.63) is 42.0 Å². The van der Waals surface area contributed by atoms with Crippen LogP contribution < -0.4 is 4.74 Å². The lowest BCUT2D eigenvalue weighted by atomic mass is 10.3. The van der Waals surface area contributed by atoms with Crippen LogP contribution in [0, 0.1) is 5.82 Å². The van der Waals surface area contributed by atoms with Gasteiger partial charge in [0, 0.05) is 18.3 Å². The molecule has 0 aliphatic heterocycles. The molecule has 0 amide bonds. The molecule has 0 fully saturated rings. The van der Waals surface area contributed by atoms with Gasteiger partial charge in [0.25, 0.3) is 0 Å². The van der Waals surface area contributed by atoms with E-state index in [9.17, 15) is 9.18 Å². The summed E-state index contributed by atoms with van der Waals surface area (Å²) in [5.41, 5.74) is -0.111. The first-order chi connectivity index (χ1) is 8.97. The normalized spacial score (nSPS) is 10.7. The van der Waals surface area contributed by atoms with Gasteiger partial charge >= 0.3 is 12.0 Å². The third-order valence-corrected chi connectivity index (χ3v) is 2.48. The van der Waals surface area contributed by atoms with E-state index in [1.807, 2.05) is 13.8 Å². The fourth-order valence-corrected chi connectivity index (χ4v) is 1.56. The van der Waals surface area contributed by atoms with Crippen molar-refractivity contribution in [2.75, 3.05) is 0 Å². The Morgan fingerprint density at radius 3 is 2.79 bits per heavy atom. The molecular weight excluding hydrogens is 251 g/mol. The second kappa shape index (κ2) is 5.09. The SMILES string of the molecule is CC(C)n1cc(C(=O)O)nc1Oc1cccc(F)c1. The standard InChI is InChI=1S/C13H13FN2O3/c1-8(2)16-7-11(12(17)18)15-13(16)19-10-5-3-4-9(14)6-10/h3-8H,1-2H3,(H,17,18). The van der Waals surface area contributed by atoms with Crippen LogP contribution in [0.25, 0.3) is 0 Å². The van der Waals surface area contributed by atoms with Gasteiger partial charge in [-0.05, 0) is 26.0 Å². The van der Waals surface area contributed by atoms with Gasteiger partial charge < -0.3 is 9.84 Å². The summed E-state index contributed by atoms with van der Waals surface area (Å²) in [7, 11) is 0. The highest BCUT2D eigenvalue weighted by Crippen LogP contribution is 2.24. The van der Waals surface area contributed by atoms with Crippen molar-refractivity contribution in [1.82, 2.24) is 9.55 Å². The molecule has 0 saturated carbocycles. The van der Waals surface area contributed by atoms with Crippen molar-refractivity contribution < 1.29 is 19.0 Å². The highest BCUT2D eigenvalue weighted by molar-refractivity contribution is 5.85. The summed E-state index contributed by atoms with van der Waals surface area (Å²) in [5.74, 6) is -1.30. The minimum Gasteiger partial charge on any atom is -0.476 e. The maximum Gasteiger partial charge on any atom is 0.356 e. The third kappa shape index (κ3) is 2.90. The van der Waals surface area contributed by atoms with Gasteiger partial charge in [-0.3, -0.25) is 4.57 Å². The fourth-order valence-electron chi connectivity index (χ4n) is 1.56. The number of aromatic nitrogens is 2. The van der Waals surface area contributed by atoms with Crippen molar-refractivity contribution in [1.29, 1.82) is 0 Å². The summed E-state index contributed by atoms with van der Waals surface area (Å²) in [6.45, 7) is 3.73. The number of rotatable bonds is 4. The smallest absolute Gasteiger partial charge is 0.356 e. The van der Waals surface area contributed by atoms with Gasteiger partial charge in [-0.1, -0.05) is 6.07 Å². The van der Waals surface area contributed by atoms with E-state index in [0.29, 0.717) is 0 Å². The molecule has 5 nitrogen and oxygen atoms in total. The molecule has 2 rings (SSSR count). The van der Waals surface area contributed by atoms with Gasteiger partial charge in [0.2, 0.25) is 0 Å². The number of benzene rings is 1. The zero-order chi connectivity index (χ0) is 14.0. The van der Waals surface area contributed by atoms with E-state index in [2.05, 4.69) is 4.98 Å². The average Bonchev–Trinajstić information content (AvgIpc) is 2.73. The number of halogens is 1. The number of nitrogens with zero attached hydrogens (tertiary/aromatic N) is 2. The van der Waals surface area contributed by atoms with Gasteiger partial charge in [-0.15, -0.1) is 0 Å². The minimum atomic E-state index is -1.14. The van der Waals surface area contributed by atoms with Crippen molar-refractivity contribution >= 4 is 5.97 Å².